The van der Waals surface area contributed by atoms with E-state index in [0.29, 0.717) is 5.92 Å². The van der Waals surface area contributed by atoms with Gasteiger partial charge in [0.2, 0.25) is 0 Å². The van der Waals surface area contributed by atoms with Gasteiger partial charge in [-0.2, -0.15) is 0 Å². The van der Waals surface area contributed by atoms with Gasteiger partial charge in [-0.1, -0.05) is 0 Å². The summed E-state index contributed by atoms with van der Waals surface area (Å²) < 4.78 is 4.69. The third-order valence-electron chi connectivity index (χ3n) is 2.99. The summed E-state index contributed by atoms with van der Waals surface area (Å²) in [5.74, 6) is 0.620. The Bertz CT molecular complexity index is 216. The Hall–Kier alpha value is -0.770. The summed E-state index contributed by atoms with van der Waals surface area (Å²) in [6.45, 7) is 2.76. The molecule has 2 aliphatic rings. The first-order valence-corrected chi connectivity index (χ1v) is 5.36. The van der Waals surface area contributed by atoms with Crippen LogP contribution in [-0.4, -0.2) is 43.8 Å². The van der Waals surface area contributed by atoms with Crippen molar-refractivity contribution in [3.8, 4) is 0 Å². The number of carbonyl (C=O) groups excluding carboxylic acids is 1. The van der Waals surface area contributed by atoms with Gasteiger partial charge in [0.1, 0.15) is 0 Å². The van der Waals surface area contributed by atoms with Crippen LogP contribution in [0.1, 0.15) is 19.3 Å². The van der Waals surface area contributed by atoms with Crippen LogP contribution in [0.5, 0.6) is 0 Å². The van der Waals surface area contributed by atoms with E-state index in [1.165, 1.54) is 20.0 Å². The Labute approximate surface area is 84.6 Å². The first-order valence-electron chi connectivity index (χ1n) is 5.36. The van der Waals surface area contributed by atoms with Gasteiger partial charge in [0, 0.05) is 19.1 Å². The minimum absolute atomic E-state index is 0.182. The molecule has 1 saturated heterocycles. The SMILES string of the molecule is COC(=O)N1CCC(CNC2CC2)C1. The van der Waals surface area contributed by atoms with Crippen LogP contribution in [0, 0.1) is 5.92 Å². The molecule has 1 N–H and O–H groups in total. The van der Waals surface area contributed by atoms with Crippen LogP contribution < -0.4 is 5.32 Å². The highest BCUT2D eigenvalue weighted by Crippen LogP contribution is 2.21. The highest BCUT2D eigenvalue weighted by Gasteiger charge is 2.28. The number of hydrogen-bond acceptors (Lipinski definition) is 3. The summed E-state index contributed by atoms with van der Waals surface area (Å²) >= 11 is 0. The molecule has 1 unspecified atom stereocenters. The first-order chi connectivity index (χ1) is 6.79. The van der Waals surface area contributed by atoms with Crippen molar-refractivity contribution in [1.82, 2.24) is 10.2 Å². The van der Waals surface area contributed by atoms with Crippen molar-refractivity contribution in [1.29, 1.82) is 0 Å². The van der Waals surface area contributed by atoms with Crippen molar-refractivity contribution < 1.29 is 9.53 Å². The van der Waals surface area contributed by atoms with Crippen LogP contribution in [0.4, 0.5) is 4.79 Å². The predicted molar refractivity (Wildman–Crippen MR) is 53.1 cm³/mol. The number of ether oxygens (including phenoxy) is 1. The van der Waals surface area contributed by atoms with Crippen molar-refractivity contribution in [3.63, 3.8) is 0 Å². The Balaban J connectivity index is 1.67. The number of nitrogens with one attached hydrogen (secondary N) is 1. The molecule has 2 rings (SSSR count). The monoisotopic (exact) mass is 198 g/mol. The zero-order valence-electron chi connectivity index (χ0n) is 8.66. The molecule has 1 aliphatic heterocycles. The molecule has 0 aromatic heterocycles. The molecule has 1 aliphatic carbocycles. The average molecular weight is 198 g/mol. The maximum absolute atomic E-state index is 11.2. The zero-order chi connectivity index (χ0) is 9.97. The summed E-state index contributed by atoms with van der Waals surface area (Å²) in [5, 5.41) is 3.50. The molecule has 0 aromatic carbocycles. The minimum atomic E-state index is -0.182. The number of amides is 1. The third-order valence-corrected chi connectivity index (χ3v) is 2.99. The predicted octanol–water partition coefficient (Wildman–Crippen LogP) is 0.827. The lowest BCUT2D eigenvalue weighted by Crippen LogP contribution is -2.31. The minimum Gasteiger partial charge on any atom is -0.453 e. The van der Waals surface area contributed by atoms with Gasteiger partial charge in [-0.15, -0.1) is 0 Å². The molecule has 2 fully saturated rings. The fourth-order valence-electron chi connectivity index (χ4n) is 1.91. The fourth-order valence-corrected chi connectivity index (χ4v) is 1.91. The molecular formula is C10H18N2O2. The normalized spacial score (nSPS) is 26.6. The molecule has 1 heterocycles. The van der Waals surface area contributed by atoms with E-state index in [1.807, 2.05) is 0 Å². The lowest BCUT2D eigenvalue weighted by atomic mass is 10.1. The van der Waals surface area contributed by atoms with Crippen LogP contribution in [-0.2, 0) is 4.74 Å². The number of rotatable bonds is 3. The first kappa shape index (κ1) is 9.77. The van der Waals surface area contributed by atoms with Crippen molar-refractivity contribution >= 4 is 6.09 Å². The van der Waals surface area contributed by atoms with Crippen LogP contribution in [0.3, 0.4) is 0 Å². The maximum Gasteiger partial charge on any atom is 0.409 e. The highest BCUT2D eigenvalue weighted by molar-refractivity contribution is 5.67. The molecule has 1 amide bonds. The molecule has 0 aromatic rings. The summed E-state index contributed by atoms with van der Waals surface area (Å²) in [7, 11) is 1.44. The lowest BCUT2D eigenvalue weighted by Gasteiger charge is -2.14. The van der Waals surface area contributed by atoms with E-state index in [4.69, 9.17) is 0 Å². The highest BCUT2D eigenvalue weighted by atomic mass is 16.5. The van der Waals surface area contributed by atoms with E-state index in [1.54, 1.807) is 4.90 Å². The fraction of sp³-hybridized carbons (Fsp3) is 0.900. The number of methoxy groups -OCH3 is 1. The summed E-state index contributed by atoms with van der Waals surface area (Å²) in [6, 6.07) is 0.766. The summed E-state index contributed by atoms with van der Waals surface area (Å²) in [4.78, 5) is 13.0. The van der Waals surface area contributed by atoms with Gasteiger partial charge in [0.25, 0.3) is 0 Å². The molecule has 80 valence electrons. The Morgan fingerprint density at radius 3 is 2.93 bits per heavy atom. The van der Waals surface area contributed by atoms with E-state index in [-0.39, 0.29) is 6.09 Å². The topological polar surface area (TPSA) is 41.6 Å². The molecule has 4 nitrogen and oxygen atoms in total. The van der Waals surface area contributed by atoms with E-state index >= 15 is 0 Å². The summed E-state index contributed by atoms with van der Waals surface area (Å²) in [6.07, 6.45) is 3.58. The Morgan fingerprint density at radius 1 is 1.50 bits per heavy atom. The molecule has 1 saturated carbocycles. The van der Waals surface area contributed by atoms with E-state index in [0.717, 1.165) is 32.1 Å². The molecular weight excluding hydrogens is 180 g/mol. The Morgan fingerprint density at radius 2 is 2.29 bits per heavy atom. The van der Waals surface area contributed by atoms with E-state index in [2.05, 4.69) is 10.1 Å². The van der Waals surface area contributed by atoms with E-state index < -0.39 is 0 Å². The van der Waals surface area contributed by atoms with Gasteiger partial charge in [-0.25, -0.2) is 4.79 Å². The molecule has 4 heteroatoms. The third kappa shape index (κ3) is 2.38. The van der Waals surface area contributed by atoms with Crippen LogP contribution in [0.2, 0.25) is 0 Å². The second kappa shape index (κ2) is 4.17. The van der Waals surface area contributed by atoms with Crippen LogP contribution >= 0.6 is 0 Å². The number of carbonyl (C=O) groups is 1. The molecule has 0 spiro atoms. The van der Waals surface area contributed by atoms with Crippen molar-refractivity contribution in [3.05, 3.63) is 0 Å². The maximum atomic E-state index is 11.2. The number of nitrogens with zero attached hydrogens (tertiary/aromatic N) is 1. The molecule has 1 atom stereocenters. The second-order valence-corrected chi connectivity index (χ2v) is 4.25. The van der Waals surface area contributed by atoms with Gasteiger partial charge in [0.15, 0.2) is 0 Å². The second-order valence-electron chi connectivity index (χ2n) is 4.25. The largest absolute Gasteiger partial charge is 0.453 e. The van der Waals surface area contributed by atoms with Gasteiger partial charge in [0.05, 0.1) is 7.11 Å². The van der Waals surface area contributed by atoms with Gasteiger partial charge in [-0.3, -0.25) is 0 Å². The molecule has 0 radical (unpaired) electrons. The van der Waals surface area contributed by atoms with E-state index in [9.17, 15) is 4.79 Å². The van der Waals surface area contributed by atoms with Crippen LogP contribution in [0.15, 0.2) is 0 Å². The van der Waals surface area contributed by atoms with Crippen molar-refractivity contribution in [2.75, 3.05) is 26.7 Å². The Kier molecular flexibility index (Phi) is 2.91. The zero-order valence-corrected chi connectivity index (χ0v) is 8.66. The van der Waals surface area contributed by atoms with Crippen molar-refractivity contribution in [2.45, 2.75) is 25.3 Å². The summed E-state index contributed by atoms with van der Waals surface area (Å²) in [5.41, 5.74) is 0. The van der Waals surface area contributed by atoms with Gasteiger partial charge < -0.3 is 15.0 Å². The van der Waals surface area contributed by atoms with Gasteiger partial charge >= 0.3 is 6.09 Å². The smallest absolute Gasteiger partial charge is 0.409 e. The quantitative estimate of drug-likeness (QED) is 0.730. The van der Waals surface area contributed by atoms with Crippen LogP contribution in [0.25, 0.3) is 0 Å². The van der Waals surface area contributed by atoms with Crippen molar-refractivity contribution in [2.24, 2.45) is 5.92 Å². The lowest BCUT2D eigenvalue weighted by molar-refractivity contribution is 0.131. The average Bonchev–Trinajstić information content (AvgIpc) is 2.92. The number of likely N-dealkylation sites (tertiary alicyclic amines) is 1. The molecule has 14 heavy (non-hydrogen) atoms. The molecule has 0 bridgehead atoms. The van der Waals surface area contributed by atoms with Gasteiger partial charge in [-0.05, 0) is 31.7 Å². The standard InChI is InChI=1S/C10H18N2O2/c1-14-10(13)12-5-4-8(7-12)6-11-9-2-3-9/h8-9,11H,2-7H2,1H3. The number of hydrogen-bond donors (Lipinski definition) is 1.